The highest BCUT2D eigenvalue weighted by atomic mass is 19.4. The molecule has 220 valence electrons. The van der Waals surface area contributed by atoms with Crippen molar-refractivity contribution < 1.29 is 13.2 Å². The number of aryl methyl sites for hydroxylation is 3. The smallest absolute Gasteiger partial charge is 0.382 e. The van der Waals surface area contributed by atoms with Gasteiger partial charge in [-0.2, -0.15) is 13.2 Å². The normalized spacial score (nSPS) is 11.6. The Morgan fingerprint density at radius 3 is 1.68 bits per heavy atom. The van der Waals surface area contributed by atoms with Gasteiger partial charge in [0.2, 0.25) is 0 Å². The zero-order valence-electron chi connectivity index (χ0n) is 23.9. The second-order valence-electron chi connectivity index (χ2n) is 10.6. The summed E-state index contributed by atoms with van der Waals surface area (Å²) < 4.78 is 38.6. The van der Waals surface area contributed by atoms with Crippen molar-refractivity contribution in [3.05, 3.63) is 120 Å². The van der Waals surface area contributed by atoms with Crippen molar-refractivity contribution in [1.29, 1.82) is 0 Å². The fraction of sp³-hybridized carbons (Fsp3) is 0.143. The second-order valence-corrected chi connectivity index (χ2v) is 10.6. The Morgan fingerprint density at radius 2 is 1.11 bits per heavy atom. The highest BCUT2D eigenvalue weighted by Crippen LogP contribution is 2.31. The van der Waals surface area contributed by atoms with E-state index >= 15 is 0 Å². The number of hydrogen-bond acceptors (Lipinski definition) is 6. The quantitative estimate of drug-likeness (QED) is 0.201. The molecule has 44 heavy (non-hydrogen) atoms. The van der Waals surface area contributed by atoms with E-state index in [2.05, 4.69) is 39.0 Å². The number of pyridine rings is 4. The molecule has 4 heterocycles. The largest absolute Gasteiger partial charge is 0.416 e. The number of nitrogens with two attached hydrogens (primary N) is 2. The van der Waals surface area contributed by atoms with Gasteiger partial charge in [0.05, 0.1) is 16.6 Å². The van der Waals surface area contributed by atoms with Crippen LogP contribution in [0, 0.1) is 0 Å². The van der Waals surface area contributed by atoms with E-state index in [1.807, 2.05) is 54.7 Å². The average Bonchev–Trinajstić information content (AvgIpc) is 3.04. The zero-order chi connectivity index (χ0) is 30.8. The molecule has 0 saturated carbocycles. The van der Waals surface area contributed by atoms with Crippen molar-refractivity contribution in [2.75, 3.05) is 11.5 Å². The third-order valence-electron chi connectivity index (χ3n) is 7.61. The molecule has 7 rings (SSSR count). The summed E-state index contributed by atoms with van der Waals surface area (Å²) in [6.45, 7) is 2.12. The molecule has 0 radical (unpaired) electrons. The van der Waals surface area contributed by atoms with E-state index in [4.69, 9.17) is 11.5 Å². The first-order valence-electron chi connectivity index (χ1n) is 14.2. The second kappa shape index (κ2) is 11.8. The van der Waals surface area contributed by atoms with Crippen LogP contribution in [0.1, 0.15) is 29.2 Å². The number of hydrogen-bond donors (Lipinski definition) is 2. The predicted molar refractivity (Wildman–Crippen MR) is 171 cm³/mol. The lowest BCUT2D eigenvalue weighted by atomic mass is 10.0. The van der Waals surface area contributed by atoms with Gasteiger partial charge in [0, 0.05) is 33.9 Å². The highest BCUT2D eigenvalue weighted by Gasteiger charge is 2.30. The van der Waals surface area contributed by atoms with Crippen LogP contribution in [0.3, 0.4) is 0 Å². The van der Waals surface area contributed by atoms with Crippen molar-refractivity contribution >= 4 is 55.2 Å². The van der Waals surface area contributed by atoms with Crippen LogP contribution < -0.4 is 11.5 Å². The molecule has 0 aliphatic rings. The molecule has 3 aromatic carbocycles. The number of aromatic nitrogens is 4. The highest BCUT2D eigenvalue weighted by molar-refractivity contribution is 6.09. The molecule has 0 amide bonds. The van der Waals surface area contributed by atoms with Crippen LogP contribution in [0.15, 0.2) is 97.3 Å². The van der Waals surface area contributed by atoms with Crippen LogP contribution in [0.25, 0.3) is 43.6 Å². The van der Waals surface area contributed by atoms with Crippen molar-refractivity contribution in [3.8, 4) is 0 Å². The standard InChI is InChI=1S/C21H16F3N3.C14H13N3/c22-21(23,24)15-5-3-4-13(10-15)8-9-14-11-17-16-6-1-2-7-18(16)27-20(25)19(17)26-12-14;1-2-9-7-11-10-5-3-4-6-12(10)17-14(15)13(11)16-8-9/h1-7,10-12H,8-9H2,(H2,25,27);3-8H,2H2,1H3,(H2,15,17). The molecular weight excluding hydrogens is 561 g/mol. The summed E-state index contributed by atoms with van der Waals surface area (Å²) >= 11 is 0. The lowest BCUT2D eigenvalue weighted by Gasteiger charge is -2.10. The SMILES string of the molecule is CCc1cnc2c(N)nc3ccccc3c2c1.Nc1nc2ccccc2c2cc(CCc3cccc(C(F)(F)F)c3)cnc12. The maximum absolute atomic E-state index is 12.9. The molecule has 0 unspecified atom stereocenters. The van der Waals surface area contributed by atoms with Crippen LogP contribution in [-0.2, 0) is 25.4 Å². The Labute approximate surface area is 251 Å². The minimum absolute atomic E-state index is 0.369. The van der Waals surface area contributed by atoms with Crippen molar-refractivity contribution in [2.24, 2.45) is 0 Å². The fourth-order valence-electron chi connectivity index (χ4n) is 5.32. The van der Waals surface area contributed by atoms with Crippen LogP contribution in [-0.4, -0.2) is 19.9 Å². The minimum Gasteiger partial charge on any atom is -0.382 e. The van der Waals surface area contributed by atoms with Gasteiger partial charge < -0.3 is 11.5 Å². The lowest BCUT2D eigenvalue weighted by Crippen LogP contribution is -2.05. The molecule has 0 atom stereocenters. The van der Waals surface area contributed by atoms with Crippen LogP contribution >= 0.6 is 0 Å². The van der Waals surface area contributed by atoms with Crippen molar-refractivity contribution in [1.82, 2.24) is 19.9 Å². The molecule has 0 aliphatic heterocycles. The summed E-state index contributed by atoms with van der Waals surface area (Å²) in [6, 6.07) is 25.3. The summed E-state index contributed by atoms with van der Waals surface area (Å²) in [6.07, 6.45) is 1.30. The number of halogens is 3. The first-order valence-corrected chi connectivity index (χ1v) is 14.2. The summed E-state index contributed by atoms with van der Waals surface area (Å²) in [5.74, 6) is 0.870. The van der Waals surface area contributed by atoms with Gasteiger partial charge >= 0.3 is 6.18 Å². The number of nitrogen functional groups attached to an aromatic ring is 2. The number of nitrogens with zero attached hydrogens (tertiary/aromatic N) is 4. The van der Waals surface area contributed by atoms with Crippen molar-refractivity contribution in [3.63, 3.8) is 0 Å². The third-order valence-corrected chi connectivity index (χ3v) is 7.61. The van der Waals surface area contributed by atoms with E-state index in [0.29, 0.717) is 35.6 Å². The average molecular weight is 591 g/mol. The first kappa shape index (κ1) is 28.8. The van der Waals surface area contributed by atoms with E-state index in [1.165, 1.54) is 17.7 Å². The monoisotopic (exact) mass is 590 g/mol. The van der Waals surface area contributed by atoms with E-state index < -0.39 is 11.7 Å². The van der Waals surface area contributed by atoms with Gasteiger partial charge in [-0.25, -0.2) is 9.97 Å². The van der Waals surface area contributed by atoms with Gasteiger partial charge in [-0.3, -0.25) is 9.97 Å². The Kier molecular flexibility index (Phi) is 7.69. The Morgan fingerprint density at radius 1 is 0.591 bits per heavy atom. The van der Waals surface area contributed by atoms with E-state index in [-0.39, 0.29) is 0 Å². The van der Waals surface area contributed by atoms with E-state index in [1.54, 1.807) is 12.3 Å². The lowest BCUT2D eigenvalue weighted by molar-refractivity contribution is -0.137. The minimum atomic E-state index is -4.33. The first-order chi connectivity index (χ1) is 21.2. The number of benzene rings is 3. The number of anilines is 2. The number of rotatable bonds is 4. The molecule has 9 heteroatoms. The van der Waals surface area contributed by atoms with Crippen molar-refractivity contribution in [2.45, 2.75) is 32.4 Å². The molecule has 4 aromatic heterocycles. The van der Waals surface area contributed by atoms with Gasteiger partial charge in [-0.05, 0) is 66.3 Å². The van der Waals surface area contributed by atoms with E-state index in [9.17, 15) is 13.2 Å². The Hall–Kier alpha value is -5.31. The Bertz CT molecular complexity index is 2140. The summed E-state index contributed by atoms with van der Waals surface area (Å²) in [4.78, 5) is 17.6. The van der Waals surface area contributed by atoms with Gasteiger partial charge in [0.25, 0.3) is 0 Å². The van der Waals surface area contributed by atoms with Gasteiger partial charge in [0.1, 0.15) is 11.0 Å². The Balaban J connectivity index is 0.000000173. The number of alkyl halides is 3. The van der Waals surface area contributed by atoms with Crippen LogP contribution in [0.2, 0.25) is 0 Å². The van der Waals surface area contributed by atoms with Gasteiger partial charge in [-0.1, -0.05) is 61.5 Å². The van der Waals surface area contributed by atoms with Gasteiger partial charge in [-0.15, -0.1) is 0 Å². The zero-order valence-corrected chi connectivity index (χ0v) is 23.9. The topological polar surface area (TPSA) is 104 Å². The molecule has 4 N–H and O–H groups in total. The summed E-state index contributed by atoms with van der Waals surface area (Å²) in [7, 11) is 0. The third kappa shape index (κ3) is 5.81. The molecular formula is C35H29F3N6. The molecule has 0 spiro atoms. The molecule has 0 aliphatic carbocycles. The van der Waals surface area contributed by atoms with Crippen LogP contribution in [0.5, 0.6) is 0 Å². The number of fused-ring (bicyclic) bond motifs is 6. The molecule has 7 aromatic rings. The number of para-hydroxylation sites is 2. The molecule has 0 bridgehead atoms. The van der Waals surface area contributed by atoms with Crippen LogP contribution in [0.4, 0.5) is 24.8 Å². The fourth-order valence-corrected chi connectivity index (χ4v) is 5.32. The maximum Gasteiger partial charge on any atom is 0.416 e. The summed E-state index contributed by atoms with van der Waals surface area (Å²) in [5.41, 5.74) is 17.3. The summed E-state index contributed by atoms with van der Waals surface area (Å²) in [5, 5.41) is 4.06. The molecule has 0 fully saturated rings. The molecule has 0 saturated heterocycles. The maximum atomic E-state index is 12.9. The molecule has 6 nitrogen and oxygen atoms in total. The van der Waals surface area contributed by atoms with E-state index in [0.717, 1.165) is 56.1 Å². The predicted octanol–water partition coefficient (Wildman–Crippen LogP) is 8.10. The van der Waals surface area contributed by atoms with Gasteiger partial charge in [0.15, 0.2) is 11.6 Å².